The van der Waals surface area contributed by atoms with Gasteiger partial charge >= 0.3 is 0 Å². The van der Waals surface area contributed by atoms with Crippen molar-refractivity contribution in [3.8, 4) is 5.69 Å². The average molecular weight is 489 g/mol. The minimum Gasteiger partial charge on any atom is -0.379 e. The Balaban J connectivity index is 1.51. The highest BCUT2D eigenvalue weighted by Crippen LogP contribution is 2.32. The van der Waals surface area contributed by atoms with Gasteiger partial charge in [0, 0.05) is 38.1 Å². The number of likely N-dealkylation sites (tertiary alicyclic amines) is 1. The average Bonchev–Trinajstić information content (AvgIpc) is 3.63. The van der Waals surface area contributed by atoms with Crippen LogP contribution in [-0.4, -0.2) is 63.4 Å². The van der Waals surface area contributed by atoms with Crippen molar-refractivity contribution in [2.75, 3.05) is 37.8 Å². The van der Waals surface area contributed by atoms with Gasteiger partial charge < -0.3 is 25.4 Å². The molecular formula is C26H29FN8O. The Hall–Kier alpha value is -4.18. The van der Waals surface area contributed by atoms with Crippen LogP contribution in [0.15, 0.2) is 67.4 Å². The number of hydrogen-bond donors (Lipinski definition) is 3. The topological polar surface area (TPSA) is 92.0 Å². The van der Waals surface area contributed by atoms with Crippen LogP contribution in [0, 0.1) is 5.82 Å². The summed E-state index contributed by atoms with van der Waals surface area (Å²) in [4.78, 5) is 19.4. The van der Waals surface area contributed by atoms with Crippen LogP contribution in [0.1, 0.15) is 22.3 Å². The van der Waals surface area contributed by atoms with E-state index in [0.29, 0.717) is 23.6 Å². The fourth-order valence-electron chi connectivity index (χ4n) is 4.51. The lowest BCUT2D eigenvalue weighted by atomic mass is 10.2. The number of aromatic nitrogens is 4. The third kappa shape index (κ3) is 5.08. The quantitative estimate of drug-likeness (QED) is 0.352. The Morgan fingerprint density at radius 1 is 1.14 bits per heavy atom. The molecule has 1 unspecified atom stereocenters. The number of benzene rings is 2. The molecule has 1 saturated heterocycles. The Bertz CT molecular complexity index is 1320. The highest BCUT2D eigenvalue weighted by Gasteiger charge is 2.26. The van der Waals surface area contributed by atoms with Gasteiger partial charge in [0.05, 0.1) is 11.4 Å². The second kappa shape index (κ2) is 10.2. The molecule has 10 heteroatoms. The number of likely N-dealkylation sites (N-methyl/N-ethyl adjacent to an activating group) is 1. The van der Waals surface area contributed by atoms with Crippen molar-refractivity contribution in [2.45, 2.75) is 19.0 Å². The molecule has 0 saturated carbocycles. The highest BCUT2D eigenvalue weighted by atomic mass is 19.1. The Morgan fingerprint density at radius 3 is 2.56 bits per heavy atom. The zero-order valence-electron chi connectivity index (χ0n) is 20.3. The van der Waals surface area contributed by atoms with Crippen LogP contribution < -0.4 is 16.0 Å². The van der Waals surface area contributed by atoms with E-state index in [1.165, 1.54) is 18.5 Å². The van der Waals surface area contributed by atoms with E-state index in [4.69, 9.17) is 0 Å². The van der Waals surface area contributed by atoms with Gasteiger partial charge in [0.1, 0.15) is 29.9 Å². The second-order valence-corrected chi connectivity index (χ2v) is 9.00. The number of nitrogens with zero attached hydrogens (tertiary/aromatic N) is 5. The number of halogens is 1. The van der Waals surface area contributed by atoms with Crippen molar-refractivity contribution in [3.05, 3.63) is 84.3 Å². The Labute approximate surface area is 208 Å². The van der Waals surface area contributed by atoms with Crippen molar-refractivity contribution in [1.29, 1.82) is 0 Å². The van der Waals surface area contributed by atoms with Crippen molar-refractivity contribution >= 4 is 23.1 Å². The monoisotopic (exact) mass is 488 g/mol. The minimum atomic E-state index is -0.317. The summed E-state index contributed by atoms with van der Waals surface area (Å²) in [5, 5.41) is 13.9. The van der Waals surface area contributed by atoms with Gasteiger partial charge in [0.15, 0.2) is 0 Å². The van der Waals surface area contributed by atoms with Gasteiger partial charge in [-0.25, -0.2) is 14.1 Å². The zero-order chi connectivity index (χ0) is 25.1. The largest absolute Gasteiger partial charge is 0.379 e. The summed E-state index contributed by atoms with van der Waals surface area (Å²) in [6.07, 6.45) is 6.12. The van der Waals surface area contributed by atoms with E-state index in [1.54, 1.807) is 30.2 Å². The van der Waals surface area contributed by atoms with Crippen molar-refractivity contribution < 1.29 is 9.18 Å². The third-order valence-electron chi connectivity index (χ3n) is 6.36. The van der Waals surface area contributed by atoms with E-state index >= 15 is 0 Å². The Kier molecular flexibility index (Phi) is 6.68. The molecule has 1 fully saturated rings. The summed E-state index contributed by atoms with van der Waals surface area (Å²) in [5.74, 6) is 0.117. The first-order chi connectivity index (χ1) is 17.5. The molecule has 3 N–H and O–H groups in total. The number of anilines is 3. The third-order valence-corrected chi connectivity index (χ3v) is 6.36. The van der Waals surface area contributed by atoms with Crippen molar-refractivity contribution in [2.24, 2.45) is 0 Å². The number of rotatable bonds is 8. The lowest BCUT2D eigenvalue weighted by molar-refractivity contribution is 0.0964. The summed E-state index contributed by atoms with van der Waals surface area (Å²) >= 11 is 0. The summed E-state index contributed by atoms with van der Waals surface area (Å²) in [6.45, 7) is 2.44. The molecule has 2 aromatic heterocycles. The van der Waals surface area contributed by atoms with E-state index in [-0.39, 0.29) is 17.8 Å². The molecule has 0 aliphatic carbocycles. The van der Waals surface area contributed by atoms with Gasteiger partial charge in [-0.3, -0.25) is 4.79 Å². The zero-order valence-corrected chi connectivity index (χ0v) is 20.3. The molecule has 0 bridgehead atoms. The number of nitrogens with one attached hydrogen (secondary N) is 3. The molecule has 5 rings (SSSR count). The first-order valence-electron chi connectivity index (χ1n) is 11.9. The summed E-state index contributed by atoms with van der Waals surface area (Å²) in [5.41, 5.74) is 3.93. The lowest BCUT2D eigenvalue weighted by Gasteiger charge is -2.15. The summed E-state index contributed by atoms with van der Waals surface area (Å²) in [7, 11) is 3.72. The first-order valence-corrected chi connectivity index (χ1v) is 11.9. The van der Waals surface area contributed by atoms with E-state index < -0.39 is 0 Å². The first kappa shape index (κ1) is 23.6. The molecule has 2 aromatic carbocycles. The van der Waals surface area contributed by atoms with Gasteiger partial charge in [-0.05, 0) is 62.0 Å². The maximum atomic E-state index is 13.5. The summed E-state index contributed by atoms with van der Waals surface area (Å²) < 4.78 is 17.2. The normalized spacial score (nSPS) is 15.7. The standard InChI is InChI=1S/C26H29FN8O/c1-28-26(36)24-23(31-21-11-12-33(2)14-21)15-34(25(24)32-20-7-5-19(27)6-8-20)13-18-3-9-22(10-4-18)35-17-29-16-30-35/h3-10,15-17,21,31-32H,11-14H2,1-2H3,(H,28,36). The van der Waals surface area contributed by atoms with Gasteiger partial charge in [0.25, 0.3) is 5.91 Å². The van der Waals surface area contributed by atoms with Crippen LogP contribution in [0.25, 0.3) is 5.69 Å². The van der Waals surface area contributed by atoms with Gasteiger partial charge in [-0.1, -0.05) is 12.1 Å². The maximum absolute atomic E-state index is 13.5. The molecule has 1 aliphatic heterocycles. The van der Waals surface area contributed by atoms with Crippen LogP contribution in [0.3, 0.4) is 0 Å². The molecule has 186 valence electrons. The number of carbonyl (C=O) groups excluding carboxylic acids is 1. The van der Waals surface area contributed by atoms with Crippen LogP contribution in [0.4, 0.5) is 21.6 Å². The predicted octanol–water partition coefficient (Wildman–Crippen LogP) is 3.48. The van der Waals surface area contributed by atoms with Gasteiger partial charge in [-0.2, -0.15) is 5.10 Å². The van der Waals surface area contributed by atoms with Crippen LogP contribution in [0.5, 0.6) is 0 Å². The molecule has 9 nitrogen and oxygen atoms in total. The number of amides is 1. The summed E-state index contributed by atoms with van der Waals surface area (Å²) in [6, 6.07) is 14.4. The molecule has 1 aliphatic rings. The van der Waals surface area contributed by atoms with E-state index in [1.807, 2.05) is 35.0 Å². The maximum Gasteiger partial charge on any atom is 0.256 e. The lowest BCUT2D eigenvalue weighted by Crippen LogP contribution is -2.26. The van der Waals surface area contributed by atoms with Crippen molar-refractivity contribution in [1.82, 2.24) is 29.5 Å². The second-order valence-electron chi connectivity index (χ2n) is 9.00. The molecule has 36 heavy (non-hydrogen) atoms. The highest BCUT2D eigenvalue weighted by molar-refractivity contribution is 6.05. The Morgan fingerprint density at radius 2 is 1.92 bits per heavy atom. The smallest absolute Gasteiger partial charge is 0.256 e. The molecular weight excluding hydrogens is 459 g/mol. The van der Waals surface area contributed by atoms with Crippen LogP contribution in [0.2, 0.25) is 0 Å². The van der Waals surface area contributed by atoms with Crippen LogP contribution >= 0.6 is 0 Å². The van der Waals surface area contributed by atoms with Gasteiger partial charge in [-0.15, -0.1) is 0 Å². The number of hydrogen-bond acceptors (Lipinski definition) is 6. The molecule has 0 radical (unpaired) electrons. The van der Waals surface area contributed by atoms with Crippen LogP contribution in [-0.2, 0) is 6.54 Å². The number of carbonyl (C=O) groups is 1. The molecule has 3 heterocycles. The van der Waals surface area contributed by atoms with E-state index in [2.05, 4.69) is 38.0 Å². The van der Waals surface area contributed by atoms with E-state index in [9.17, 15) is 9.18 Å². The molecule has 1 atom stereocenters. The predicted molar refractivity (Wildman–Crippen MR) is 137 cm³/mol. The van der Waals surface area contributed by atoms with Crippen molar-refractivity contribution in [3.63, 3.8) is 0 Å². The molecule has 0 spiro atoms. The molecule has 4 aromatic rings. The minimum absolute atomic E-state index is 0.200. The fraction of sp³-hybridized carbons (Fsp3) is 0.269. The molecule has 1 amide bonds. The van der Waals surface area contributed by atoms with Gasteiger partial charge in [0.2, 0.25) is 0 Å². The fourth-order valence-corrected chi connectivity index (χ4v) is 4.51. The SMILES string of the molecule is CNC(=O)c1c(NC2CCN(C)C2)cn(Cc2ccc(-n3cncn3)cc2)c1Nc1ccc(F)cc1. The van der Waals surface area contributed by atoms with E-state index in [0.717, 1.165) is 36.4 Å².